The molecule has 0 aromatic heterocycles. The summed E-state index contributed by atoms with van der Waals surface area (Å²) in [7, 11) is -0.399. The highest BCUT2D eigenvalue weighted by molar-refractivity contribution is 7.89. The summed E-state index contributed by atoms with van der Waals surface area (Å²) in [5.74, 6) is -0.757. The molecule has 0 aliphatic heterocycles. The molecule has 0 aromatic carbocycles. The minimum atomic E-state index is -3.35. The average molecular weight is 224 g/mol. The number of methoxy groups -OCH3 is 1. The molecule has 0 rings (SSSR count). The predicted octanol–water partition coefficient (Wildman–Crippen LogP) is -1.31. The van der Waals surface area contributed by atoms with E-state index in [0.717, 1.165) is 0 Å². The van der Waals surface area contributed by atoms with E-state index in [1.54, 1.807) is 7.05 Å². The second kappa shape index (κ2) is 6.74. The van der Waals surface area contributed by atoms with Gasteiger partial charge in [0.25, 0.3) is 0 Å². The lowest BCUT2D eigenvalue weighted by atomic mass is 10.5. The van der Waals surface area contributed by atoms with Crippen molar-refractivity contribution in [1.29, 1.82) is 0 Å². The van der Waals surface area contributed by atoms with Gasteiger partial charge < -0.3 is 10.1 Å². The van der Waals surface area contributed by atoms with Crippen molar-refractivity contribution in [2.24, 2.45) is 0 Å². The fourth-order valence-corrected chi connectivity index (χ4v) is 1.72. The van der Waals surface area contributed by atoms with Crippen LogP contribution in [0.4, 0.5) is 0 Å². The number of hydrogen-bond donors (Lipinski definition) is 2. The molecule has 0 saturated carbocycles. The number of carbonyl (C=O) groups excluding carboxylic acids is 1. The van der Waals surface area contributed by atoms with E-state index < -0.39 is 16.0 Å². The summed E-state index contributed by atoms with van der Waals surface area (Å²) in [4.78, 5) is 10.7. The zero-order chi connectivity index (χ0) is 11.0. The zero-order valence-electron chi connectivity index (χ0n) is 8.37. The third-order valence-electron chi connectivity index (χ3n) is 1.50. The van der Waals surface area contributed by atoms with Gasteiger partial charge in [0, 0.05) is 13.1 Å². The van der Waals surface area contributed by atoms with Crippen LogP contribution in [-0.2, 0) is 19.6 Å². The van der Waals surface area contributed by atoms with E-state index in [2.05, 4.69) is 14.8 Å². The van der Waals surface area contributed by atoms with Gasteiger partial charge in [-0.05, 0) is 7.05 Å². The van der Waals surface area contributed by atoms with E-state index >= 15 is 0 Å². The van der Waals surface area contributed by atoms with Crippen LogP contribution in [0, 0.1) is 0 Å². The maximum absolute atomic E-state index is 11.2. The first-order chi connectivity index (χ1) is 6.52. The molecular formula is C7H16N2O4S. The van der Waals surface area contributed by atoms with Crippen LogP contribution < -0.4 is 10.0 Å². The van der Waals surface area contributed by atoms with Gasteiger partial charge in [-0.3, -0.25) is 4.79 Å². The SMILES string of the molecule is CNCCNS(=O)(=O)CCC(=O)OC. The number of hydrogen-bond acceptors (Lipinski definition) is 5. The third kappa shape index (κ3) is 6.81. The molecule has 0 aliphatic rings. The van der Waals surface area contributed by atoms with Gasteiger partial charge in [0.1, 0.15) is 0 Å². The highest BCUT2D eigenvalue weighted by Crippen LogP contribution is 1.91. The monoisotopic (exact) mass is 224 g/mol. The number of ether oxygens (including phenoxy) is 1. The molecule has 7 heteroatoms. The van der Waals surface area contributed by atoms with Crippen LogP contribution in [0.1, 0.15) is 6.42 Å². The quantitative estimate of drug-likeness (QED) is 0.414. The van der Waals surface area contributed by atoms with Crippen LogP contribution >= 0.6 is 0 Å². The van der Waals surface area contributed by atoms with Crippen molar-refractivity contribution < 1.29 is 17.9 Å². The topological polar surface area (TPSA) is 84.5 Å². The Morgan fingerprint density at radius 1 is 1.36 bits per heavy atom. The predicted molar refractivity (Wildman–Crippen MR) is 52.3 cm³/mol. The molecule has 84 valence electrons. The molecule has 14 heavy (non-hydrogen) atoms. The molecule has 2 N–H and O–H groups in total. The number of rotatable bonds is 7. The Hall–Kier alpha value is -0.660. The van der Waals surface area contributed by atoms with Crippen molar-refractivity contribution in [3.05, 3.63) is 0 Å². The third-order valence-corrected chi connectivity index (χ3v) is 2.89. The Morgan fingerprint density at radius 3 is 2.50 bits per heavy atom. The van der Waals surface area contributed by atoms with Gasteiger partial charge in [-0.25, -0.2) is 13.1 Å². The summed E-state index contributed by atoms with van der Waals surface area (Å²) in [5.41, 5.74) is 0. The van der Waals surface area contributed by atoms with Gasteiger partial charge in [0.2, 0.25) is 10.0 Å². The minimum absolute atomic E-state index is 0.120. The lowest BCUT2D eigenvalue weighted by Gasteiger charge is -2.05. The molecule has 6 nitrogen and oxygen atoms in total. The molecule has 0 atom stereocenters. The number of nitrogens with one attached hydrogen (secondary N) is 2. The second-order valence-electron chi connectivity index (χ2n) is 2.64. The number of likely N-dealkylation sites (N-methyl/N-ethyl adjacent to an activating group) is 1. The summed E-state index contributed by atoms with van der Waals surface area (Å²) in [6, 6.07) is 0. The van der Waals surface area contributed by atoms with Crippen molar-refractivity contribution >= 4 is 16.0 Å². The maximum atomic E-state index is 11.2. The van der Waals surface area contributed by atoms with Gasteiger partial charge in [-0.15, -0.1) is 0 Å². The van der Waals surface area contributed by atoms with Crippen molar-refractivity contribution in [1.82, 2.24) is 10.0 Å². The van der Waals surface area contributed by atoms with Crippen LogP contribution in [0.5, 0.6) is 0 Å². The standard InChI is InChI=1S/C7H16N2O4S/c1-8-4-5-9-14(11,12)6-3-7(10)13-2/h8-9H,3-6H2,1-2H3. The number of carbonyl (C=O) groups is 1. The zero-order valence-corrected chi connectivity index (χ0v) is 9.19. The summed E-state index contributed by atoms with van der Waals surface area (Å²) in [6.45, 7) is 0.872. The van der Waals surface area contributed by atoms with Gasteiger partial charge in [0.05, 0.1) is 19.3 Å². The highest BCUT2D eigenvalue weighted by atomic mass is 32.2. The van der Waals surface area contributed by atoms with Gasteiger partial charge in [-0.2, -0.15) is 0 Å². The van der Waals surface area contributed by atoms with Gasteiger partial charge in [0.15, 0.2) is 0 Å². The lowest BCUT2D eigenvalue weighted by Crippen LogP contribution is -2.32. The molecule has 0 heterocycles. The maximum Gasteiger partial charge on any atom is 0.306 e. The van der Waals surface area contributed by atoms with Crippen molar-refractivity contribution in [3.8, 4) is 0 Å². The first-order valence-corrected chi connectivity index (χ1v) is 5.86. The molecular weight excluding hydrogens is 208 g/mol. The molecule has 0 aliphatic carbocycles. The van der Waals surface area contributed by atoms with E-state index in [1.807, 2.05) is 0 Å². The fourth-order valence-electron chi connectivity index (χ4n) is 0.723. The van der Waals surface area contributed by atoms with Crippen LogP contribution in [0.15, 0.2) is 0 Å². The Bertz CT molecular complexity index is 263. The van der Waals surface area contributed by atoms with E-state index in [-0.39, 0.29) is 12.2 Å². The first kappa shape index (κ1) is 13.3. The van der Waals surface area contributed by atoms with E-state index in [4.69, 9.17) is 0 Å². The smallest absolute Gasteiger partial charge is 0.306 e. The van der Waals surface area contributed by atoms with Crippen LogP contribution in [0.3, 0.4) is 0 Å². The number of esters is 1. The van der Waals surface area contributed by atoms with E-state index in [1.165, 1.54) is 7.11 Å². The summed E-state index contributed by atoms with van der Waals surface area (Å²) in [5, 5.41) is 2.80. The van der Waals surface area contributed by atoms with Gasteiger partial charge >= 0.3 is 5.97 Å². The molecule has 0 amide bonds. The average Bonchev–Trinajstić information content (AvgIpc) is 2.14. The second-order valence-corrected chi connectivity index (χ2v) is 4.57. The van der Waals surface area contributed by atoms with Crippen LogP contribution in [0.25, 0.3) is 0 Å². The summed E-state index contributed by atoms with van der Waals surface area (Å²) < 4.78 is 29.0. The van der Waals surface area contributed by atoms with E-state index in [0.29, 0.717) is 13.1 Å². The Labute approximate surface area is 84.1 Å². The fraction of sp³-hybridized carbons (Fsp3) is 0.857. The van der Waals surface area contributed by atoms with Crippen molar-refractivity contribution in [2.75, 3.05) is 33.0 Å². The minimum Gasteiger partial charge on any atom is -0.469 e. The van der Waals surface area contributed by atoms with Crippen molar-refractivity contribution in [2.45, 2.75) is 6.42 Å². The summed E-state index contributed by atoms with van der Waals surface area (Å²) >= 11 is 0. The van der Waals surface area contributed by atoms with Crippen LogP contribution in [-0.4, -0.2) is 47.4 Å². The van der Waals surface area contributed by atoms with Crippen LogP contribution in [0.2, 0.25) is 0 Å². The molecule has 0 spiro atoms. The Morgan fingerprint density at radius 2 is 2.00 bits per heavy atom. The normalized spacial score (nSPS) is 11.3. The first-order valence-electron chi connectivity index (χ1n) is 4.20. The number of sulfonamides is 1. The Kier molecular flexibility index (Phi) is 6.43. The molecule has 0 saturated heterocycles. The molecule has 0 aromatic rings. The molecule has 0 fully saturated rings. The highest BCUT2D eigenvalue weighted by Gasteiger charge is 2.12. The lowest BCUT2D eigenvalue weighted by molar-refractivity contribution is -0.140. The molecule has 0 bridgehead atoms. The summed E-state index contributed by atoms with van der Waals surface area (Å²) in [6.07, 6.45) is -0.120. The van der Waals surface area contributed by atoms with Gasteiger partial charge in [-0.1, -0.05) is 0 Å². The largest absolute Gasteiger partial charge is 0.469 e. The van der Waals surface area contributed by atoms with E-state index in [9.17, 15) is 13.2 Å². The molecule has 0 radical (unpaired) electrons. The molecule has 0 unspecified atom stereocenters. The Balaban J connectivity index is 3.78. The van der Waals surface area contributed by atoms with Crippen molar-refractivity contribution in [3.63, 3.8) is 0 Å².